The first-order valence-electron chi connectivity index (χ1n) is 9.96. The molecule has 0 amide bonds. The van der Waals surface area contributed by atoms with Crippen molar-refractivity contribution in [1.82, 2.24) is 0 Å². The molecule has 0 aliphatic carbocycles. The Bertz CT molecular complexity index is 1370. The molecule has 0 saturated heterocycles. The number of fused-ring (bicyclic) bond motifs is 2. The normalized spacial score (nSPS) is 15.8. The van der Waals surface area contributed by atoms with Crippen LogP contribution >= 0.6 is 11.3 Å². The molecule has 0 radical (unpaired) electrons. The van der Waals surface area contributed by atoms with E-state index in [9.17, 15) is 16.8 Å². The average molecular weight is 493 g/mol. The number of nitrogens with zero attached hydrogens (tertiary/aromatic N) is 1. The van der Waals surface area contributed by atoms with Gasteiger partial charge in [-0.3, -0.25) is 9.03 Å². The molecule has 168 valence electrons. The number of sulfonamides is 2. The van der Waals surface area contributed by atoms with Crippen molar-refractivity contribution in [2.75, 3.05) is 28.8 Å². The number of thiophene rings is 1. The average Bonchev–Trinajstić information content (AvgIpc) is 3.34. The Kier molecular flexibility index (Phi) is 5.26. The van der Waals surface area contributed by atoms with Gasteiger partial charge in [0.15, 0.2) is 11.5 Å². The van der Waals surface area contributed by atoms with Crippen LogP contribution in [0.25, 0.3) is 0 Å². The SMILES string of the molecule is O=S(=O)(Nc1ccc2c(c1)N(S(=O)(=O)c1cccs1)CCC2)c1ccc2c(c1)OCCO2. The second kappa shape index (κ2) is 7.98. The number of hydrogen-bond acceptors (Lipinski definition) is 7. The van der Waals surface area contributed by atoms with E-state index in [0.717, 1.165) is 23.3 Å². The third-order valence-electron chi connectivity index (χ3n) is 5.28. The van der Waals surface area contributed by atoms with Gasteiger partial charge < -0.3 is 9.47 Å². The van der Waals surface area contributed by atoms with Crippen molar-refractivity contribution in [3.8, 4) is 11.5 Å². The predicted octanol–water partition coefficient (Wildman–Crippen LogP) is 3.46. The lowest BCUT2D eigenvalue weighted by Gasteiger charge is -2.30. The van der Waals surface area contributed by atoms with Crippen molar-refractivity contribution < 1.29 is 26.3 Å². The van der Waals surface area contributed by atoms with Gasteiger partial charge in [0.2, 0.25) is 0 Å². The summed E-state index contributed by atoms with van der Waals surface area (Å²) in [6.45, 7) is 1.10. The highest BCUT2D eigenvalue weighted by Crippen LogP contribution is 2.36. The highest BCUT2D eigenvalue weighted by molar-refractivity contribution is 7.94. The minimum atomic E-state index is -3.92. The molecule has 1 aromatic heterocycles. The van der Waals surface area contributed by atoms with Gasteiger partial charge in [0.25, 0.3) is 20.0 Å². The number of anilines is 2. The van der Waals surface area contributed by atoms with Crippen LogP contribution in [-0.4, -0.2) is 36.6 Å². The Labute approximate surface area is 190 Å². The largest absolute Gasteiger partial charge is 0.486 e. The first-order chi connectivity index (χ1) is 15.3. The zero-order valence-corrected chi connectivity index (χ0v) is 19.3. The van der Waals surface area contributed by atoms with E-state index in [0.29, 0.717) is 43.4 Å². The minimum Gasteiger partial charge on any atom is -0.486 e. The molecule has 0 atom stereocenters. The summed E-state index contributed by atoms with van der Waals surface area (Å²) in [6, 6.07) is 12.7. The van der Waals surface area contributed by atoms with E-state index in [2.05, 4.69) is 4.72 Å². The molecule has 5 rings (SSSR count). The van der Waals surface area contributed by atoms with E-state index >= 15 is 0 Å². The molecule has 32 heavy (non-hydrogen) atoms. The van der Waals surface area contributed by atoms with Crippen LogP contribution in [0.5, 0.6) is 11.5 Å². The second-order valence-electron chi connectivity index (χ2n) is 7.37. The number of ether oxygens (including phenoxy) is 2. The Balaban J connectivity index is 1.47. The number of nitrogens with one attached hydrogen (secondary N) is 1. The van der Waals surface area contributed by atoms with Crippen LogP contribution in [0.4, 0.5) is 11.4 Å². The summed E-state index contributed by atoms with van der Waals surface area (Å²) < 4.78 is 67.3. The topological polar surface area (TPSA) is 102 Å². The first-order valence-corrected chi connectivity index (χ1v) is 13.8. The molecule has 3 aromatic rings. The highest BCUT2D eigenvalue weighted by atomic mass is 32.2. The summed E-state index contributed by atoms with van der Waals surface area (Å²) in [5, 5.41) is 1.72. The van der Waals surface area contributed by atoms with Crippen LogP contribution < -0.4 is 18.5 Å². The Hall–Kier alpha value is -2.76. The highest BCUT2D eigenvalue weighted by Gasteiger charge is 2.30. The van der Waals surface area contributed by atoms with Gasteiger partial charge in [-0.15, -0.1) is 11.3 Å². The fraction of sp³-hybridized carbons (Fsp3) is 0.238. The van der Waals surface area contributed by atoms with Gasteiger partial charge in [0.05, 0.1) is 16.3 Å². The van der Waals surface area contributed by atoms with E-state index in [1.54, 1.807) is 41.8 Å². The van der Waals surface area contributed by atoms with E-state index in [-0.39, 0.29) is 14.8 Å². The van der Waals surface area contributed by atoms with Crippen LogP contribution in [0.1, 0.15) is 12.0 Å². The summed E-state index contributed by atoms with van der Waals surface area (Å²) in [7, 11) is -7.63. The molecule has 11 heteroatoms. The lowest BCUT2D eigenvalue weighted by atomic mass is 10.0. The van der Waals surface area contributed by atoms with Gasteiger partial charge in [-0.25, -0.2) is 16.8 Å². The minimum absolute atomic E-state index is 0.0301. The molecule has 0 bridgehead atoms. The maximum Gasteiger partial charge on any atom is 0.273 e. The van der Waals surface area contributed by atoms with Crippen molar-refractivity contribution >= 4 is 42.8 Å². The molecule has 1 N–H and O–H groups in total. The second-order valence-corrected chi connectivity index (χ2v) is 12.1. The summed E-state index contributed by atoms with van der Waals surface area (Å²) in [6.07, 6.45) is 1.42. The fourth-order valence-corrected chi connectivity index (χ4v) is 7.48. The predicted molar refractivity (Wildman–Crippen MR) is 122 cm³/mol. The van der Waals surface area contributed by atoms with Crippen LogP contribution in [0, 0.1) is 0 Å². The molecule has 2 aliphatic rings. The van der Waals surface area contributed by atoms with Crippen molar-refractivity contribution in [3.63, 3.8) is 0 Å². The molecule has 8 nitrogen and oxygen atoms in total. The van der Waals surface area contributed by atoms with Crippen LogP contribution in [-0.2, 0) is 26.5 Å². The van der Waals surface area contributed by atoms with Gasteiger partial charge in [-0.2, -0.15) is 0 Å². The molecule has 0 spiro atoms. The van der Waals surface area contributed by atoms with E-state index in [4.69, 9.17) is 9.47 Å². The number of rotatable bonds is 5. The molecule has 2 aliphatic heterocycles. The maximum absolute atomic E-state index is 13.1. The van der Waals surface area contributed by atoms with Crippen LogP contribution in [0.2, 0.25) is 0 Å². The van der Waals surface area contributed by atoms with Crippen LogP contribution in [0.3, 0.4) is 0 Å². The molecule has 2 aromatic carbocycles. The zero-order chi connectivity index (χ0) is 22.3. The van der Waals surface area contributed by atoms with Crippen molar-refractivity contribution in [1.29, 1.82) is 0 Å². The zero-order valence-electron chi connectivity index (χ0n) is 16.9. The Morgan fingerprint density at radius 1 is 0.938 bits per heavy atom. The van der Waals surface area contributed by atoms with E-state index < -0.39 is 20.0 Å². The third kappa shape index (κ3) is 3.80. The van der Waals surface area contributed by atoms with Gasteiger partial charge in [-0.1, -0.05) is 12.1 Å². The van der Waals surface area contributed by atoms with Gasteiger partial charge in [0.1, 0.15) is 17.4 Å². The summed E-state index contributed by atoms with van der Waals surface area (Å²) in [4.78, 5) is 0.0301. The number of benzene rings is 2. The number of aryl methyl sites for hydroxylation is 1. The fourth-order valence-electron chi connectivity index (χ4n) is 3.78. The van der Waals surface area contributed by atoms with Gasteiger partial charge in [0, 0.05) is 12.6 Å². The molecule has 3 heterocycles. The molecule has 0 fully saturated rings. The lowest BCUT2D eigenvalue weighted by Crippen LogP contribution is -2.35. The molecular weight excluding hydrogens is 472 g/mol. The first kappa shape index (κ1) is 21.1. The quantitative estimate of drug-likeness (QED) is 0.585. The summed E-state index contributed by atoms with van der Waals surface area (Å²) in [5.74, 6) is 0.871. The van der Waals surface area contributed by atoms with Crippen molar-refractivity contribution in [2.45, 2.75) is 21.9 Å². The number of hydrogen-bond donors (Lipinski definition) is 1. The summed E-state index contributed by atoms with van der Waals surface area (Å²) in [5.41, 5.74) is 1.64. The molecular formula is C21H20N2O6S3. The van der Waals surface area contributed by atoms with Crippen LogP contribution in [0.15, 0.2) is 63.0 Å². The van der Waals surface area contributed by atoms with E-state index in [1.807, 2.05) is 0 Å². The Morgan fingerprint density at radius 2 is 1.75 bits per heavy atom. The van der Waals surface area contributed by atoms with E-state index in [1.165, 1.54) is 16.4 Å². The summed E-state index contributed by atoms with van der Waals surface area (Å²) >= 11 is 1.16. The third-order valence-corrected chi connectivity index (χ3v) is 9.84. The van der Waals surface area contributed by atoms with Crippen molar-refractivity contribution in [2.24, 2.45) is 0 Å². The lowest BCUT2D eigenvalue weighted by molar-refractivity contribution is 0.171. The monoisotopic (exact) mass is 492 g/mol. The van der Waals surface area contributed by atoms with Gasteiger partial charge in [-0.05, 0) is 54.1 Å². The Morgan fingerprint density at radius 3 is 2.53 bits per heavy atom. The van der Waals surface area contributed by atoms with Gasteiger partial charge >= 0.3 is 0 Å². The maximum atomic E-state index is 13.1. The molecule has 0 saturated carbocycles. The van der Waals surface area contributed by atoms with Crippen molar-refractivity contribution in [3.05, 3.63) is 59.5 Å². The standard InChI is InChI=1S/C21H20N2O6S3/c24-31(25,17-7-8-19-20(14-17)29-11-10-28-19)22-16-6-5-15-3-1-9-23(18(15)13-16)32(26,27)21-4-2-12-30-21/h2,4-8,12-14,22H,1,3,9-11H2. The molecule has 0 unspecified atom stereocenters. The smallest absolute Gasteiger partial charge is 0.273 e.